The highest BCUT2D eigenvalue weighted by molar-refractivity contribution is 8.00. The van der Waals surface area contributed by atoms with E-state index in [1.807, 2.05) is 18.2 Å². The number of ether oxygens (including phenoxy) is 1. The summed E-state index contributed by atoms with van der Waals surface area (Å²) in [7, 11) is 0. The molecule has 0 aromatic heterocycles. The van der Waals surface area contributed by atoms with Gasteiger partial charge in [-0.3, -0.25) is 9.59 Å². The standard InChI is InChI=1S/C23H26N2O4S2/c26-21(24-13-6-14-30-18-7-2-1-3-8-18)15-29-23(28)19-9-4-5-10-20(19)31-16-22(27)25-17-11-12-17/h1-5,7-10,17H,6,11-16H2,(H,24,26)(H,25,27). The van der Waals surface area contributed by atoms with E-state index >= 15 is 0 Å². The number of esters is 1. The first kappa shape index (κ1) is 23.2. The number of rotatable bonds is 12. The summed E-state index contributed by atoms with van der Waals surface area (Å²) in [4.78, 5) is 38.1. The average molecular weight is 459 g/mol. The first-order valence-corrected chi connectivity index (χ1v) is 12.2. The third kappa shape index (κ3) is 8.67. The number of hydrogen-bond acceptors (Lipinski definition) is 6. The second kappa shape index (κ2) is 12.4. The van der Waals surface area contributed by atoms with Gasteiger partial charge in [0.1, 0.15) is 0 Å². The largest absolute Gasteiger partial charge is 0.452 e. The molecule has 6 nitrogen and oxygen atoms in total. The van der Waals surface area contributed by atoms with Crippen molar-refractivity contribution >= 4 is 41.3 Å². The number of amides is 2. The summed E-state index contributed by atoms with van der Waals surface area (Å²) in [6.45, 7) is 0.199. The van der Waals surface area contributed by atoms with Crippen molar-refractivity contribution in [2.45, 2.75) is 35.1 Å². The van der Waals surface area contributed by atoms with Crippen LogP contribution in [0.25, 0.3) is 0 Å². The van der Waals surface area contributed by atoms with Crippen LogP contribution in [-0.2, 0) is 14.3 Å². The van der Waals surface area contributed by atoms with Gasteiger partial charge in [-0.1, -0.05) is 30.3 Å². The van der Waals surface area contributed by atoms with Crippen LogP contribution in [0.5, 0.6) is 0 Å². The van der Waals surface area contributed by atoms with Gasteiger partial charge in [-0.25, -0.2) is 4.79 Å². The Morgan fingerprint density at radius 2 is 1.68 bits per heavy atom. The molecule has 2 aromatic carbocycles. The average Bonchev–Trinajstić information content (AvgIpc) is 3.60. The Labute approximate surface area is 190 Å². The Hall–Kier alpha value is -2.45. The molecule has 2 aromatic rings. The molecule has 1 fully saturated rings. The van der Waals surface area contributed by atoms with Gasteiger partial charge in [-0.15, -0.1) is 23.5 Å². The molecule has 0 heterocycles. The molecular formula is C23H26N2O4S2. The van der Waals surface area contributed by atoms with Gasteiger partial charge >= 0.3 is 5.97 Å². The molecule has 164 valence electrons. The van der Waals surface area contributed by atoms with Crippen LogP contribution in [0, 0.1) is 0 Å². The molecule has 0 aliphatic heterocycles. The number of carbonyl (C=O) groups is 3. The van der Waals surface area contributed by atoms with E-state index < -0.39 is 5.97 Å². The van der Waals surface area contributed by atoms with E-state index in [2.05, 4.69) is 22.8 Å². The maximum absolute atomic E-state index is 12.4. The van der Waals surface area contributed by atoms with Gasteiger partial charge in [-0.2, -0.15) is 0 Å². The molecule has 0 spiro atoms. The molecule has 0 saturated heterocycles. The van der Waals surface area contributed by atoms with Gasteiger partial charge in [0.2, 0.25) is 5.91 Å². The lowest BCUT2D eigenvalue weighted by Crippen LogP contribution is -2.30. The molecule has 0 atom stereocenters. The molecule has 31 heavy (non-hydrogen) atoms. The van der Waals surface area contributed by atoms with Crippen LogP contribution in [0.15, 0.2) is 64.4 Å². The van der Waals surface area contributed by atoms with Crippen molar-refractivity contribution in [3.8, 4) is 0 Å². The van der Waals surface area contributed by atoms with Gasteiger partial charge in [0.25, 0.3) is 5.91 Å². The molecule has 1 aliphatic carbocycles. The summed E-state index contributed by atoms with van der Waals surface area (Å²) in [6.07, 6.45) is 2.89. The molecule has 0 radical (unpaired) electrons. The van der Waals surface area contributed by atoms with Crippen molar-refractivity contribution in [3.63, 3.8) is 0 Å². The summed E-state index contributed by atoms with van der Waals surface area (Å²) in [5.74, 6) is 0.193. The fourth-order valence-electron chi connectivity index (χ4n) is 2.67. The molecular weight excluding hydrogens is 432 g/mol. The fourth-order valence-corrected chi connectivity index (χ4v) is 4.39. The maximum atomic E-state index is 12.4. The molecule has 3 rings (SSSR count). The number of nitrogens with one attached hydrogen (secondary N) is 2. The minimum Gasteiger partial charge on any atom is -0.452 e. The predicted octanol–water partition coefficient (Wildman–Crippen LogP) is 3.51. The Bertz CT molecular complexity index is 888. The van der Waals surface area contributed by atoms with E-state index in [9.17, 15) is 14.4 Å². The highest BCUT2D eigenvalue weighted by Crippen LogP contribution is 2.24. The number of hydrogen-bond donors (Lipinski definition) is 2. The summed E-state index contributed by atoms with van der Waals surface area (Å²) in [5.41, 5.74) is 0.360. The summed E-state index contributed by atoms with van der Waals surface area (Å²) in [5, 5.41) is 5.69. The third-order valence-electron chi connectivity index (χ3n) is 4.40. The maximum Gasteiger partial charge on any atom is 0.339 e. The number of carbonyl (C=O) groups excluding carboxylic acids is 3. The van der Waals surface area contributed by atoms with E-state index in [4.69, 9.17) is 4.74 Å². The van der Waals surface area contributed by atoms with Crippen LogP contribution in [-0.4, -0.2) is 48.5 Å². The quantitative estimate of drug-likeness (QED) is 0.288. The molecule has 8 heteroatoms. The van der Waals surface area contributed by atoms with Crippen LogP contribution in [0.4, 0.5) is 0 Å². The lowest BCUT2D eigenvalue weighted by Gasteiger charge is -2.10. The molecule has 2 amide bonds. The van der Waals surface area contributed by atoms with Crippen molar-refractivity contribution in [1.82, 2.24) is 10.6 Å². The Kier molecular flexibility index (Phi) is 9.30. The smallest absolute Gasteiger partial charge is 0.339 e. The Morgan fingerprint density at radius 3 is 2.45 bits per heavy atom. The van der Waals surface area contributed by atoms with Crippen molar-refractivity contribution in [2.75, 3.05) is 24.7 Å². The van der Waals surface area contributed by atoms with Gasteiger partial charge < -0.3 is 15.4 Å². The summed E-state index contributed by atoms with van der Waals surface area (Å²) < 4.78 is 5.17. The normalized spacial score (nSPS) is 12.8. The highest BCUT2D eigenvalue weighted by atomic mass is 32.2. The first-order valence-electron chi connectivity index (χ1n) is 10.2. The van der Waals surface area contributed by atoms with Gasteiger partial charge in [0.15, 0.2) is 6.61 Å². The van der Waals surface area contributed by atoms with E-state index in [1.54, 1.807) is 36.0 Å². The minimum atomic E-state index is -0.569. The predicted molar refractivity (Wildman–Crippen MR) is 123 cm³/mol. The van der Waals surface area contributed by atoms with Crippen LogP contribution in [0.2, 0.25) is 0 Å². The van der Waals surface area contributed by atoms with E-state index in [-0.39, 0.29) is 24.2 Å². The second-order valence-electron chi connectivity index (χ2n) is 7.07. The Morgan fingerprint density at radius 1 is 0.935 bits per heavy atom. The fraction of sp³-hybridized carbons (Fsp3) is 0.348. The van der Waals surface area contributed by atoms with Crippen molar-refractivity contribution in [2.24, 2.45) is 0 Å². The Balaban J connectivity index is 1.34. The third-order valence-corrected chi connectivity index (χ3v) is 6.57. The SMILES string of the molecule is O=C(COC(=O)c1ccccc1SCC(=O)NC1CC1)NCCCSc1ccccc1. The molecule has 2 N–H and O–H groups in total. The van der Waals surface area contributed by atoms with Crippen molar-refractivity contribution in [3.05, 3.63) is 60.2 Å². The summed E-state index contributed by atoms with van der Waals surface area (Å²) >= 11 is 3.02. The van der Waals surface area contributed by atoms with Crippen molar-refractivity contribution < 1.29 is 19.1 Å². The minimum absolute atomic E-state index is 0.0412. The molecule has 0 bridgehead atoms. The van der Waals surface area contributed by atoms with E-state index in [0.29, 0.717) is 23.0 Å². The monoisotopic (exact) mass is 458 g/mol. The zero-order valence-corrected chi connectivity index (χ0v) is 18.8. The van der Waals surface area contributed by atoms with Gasteiger partial charge in [0, 0.05) is 22.4 Å². The van der Waals surface area contributed by atoms with Crippen LogP contribution < -0.4 is 10.6 Å². The van der Waals surface area contributed by atoms with Gasteiger partial charge in [-0.05, 0) is 49.3 Å². The van der Waals surface area contributed by atoms with Gasteiger partial charge in [0.05, 0.1) is 11.3 Å². The topological polar surface area (TPSA) is 84.5 Å². The van der Waals surface area contributed by atoms with E-state index in [0.717, 1.165) is 25.0 Å². The summed E-state index contributed by atoms with van der Waals surface area (Å²) in [6, 6.07) is 17.3. The highest BCUT2D eigenvalue weighted by Gasteiger charge is 2.23. The lowest BCUT2D eigenvalue weighted by atomic mass is 10.2. The van der Waals surface area contributed by atoms with Crippen molar-refractivity contribution in [1.29, 1.82) is 0 Å². The van der Waals surface area contributed by atoms with Crippen LogP contribution >= 0.6 is 23.5 Å². The van der Waals surface area contributed by atoms with Crippen LogP contribution in [0.3, 0.4) is 0 Å². The molecule has 0 unspecified atom stereocenters. The second-order valence-corrected chi connectivity index (χ2v) is 9.25. The zero-order valence-electron chi connectivity index (χ0n) is 17.2. The molecule has 1 aliphatic rings. The van der Waals surface area contributed by atoms with Crippen LogP contribution in [0.1, 0.15) is 29.6 Å². The number of thioether (sulfide) groups is 2. The number of benzene rings is 2. The molecule has 1 saturated carbocycles. The zero-order chi connectivity index (χ0) is 21.9. The first-order chi connectivity index (χ1) is 15.1. The van der Waals surface area contributed by atoms with E-state index in [1.165, 1.54) is 16.7 Å². The lowest BCUT2D eigenvalue weighted by molar-refractivity contribution is -0.124.